The topological polar surface area (TPSA) is 76.3 Å². The molecule has 0 atom stereocenters. The maximum Gasteiger partial charge on any atom is 0.267 e. The Morgan fingerprint density at radius 3 is 2.61 bits per heavy atom. The largest absolute Gasteiger partial charge is 0.272 e. The van der Waals surface area contributed by atoms with Crippen LogP contribution in [0.4, 0.5) is 0 Å². The summed E-state index contributed by atoms with van der Waals surface area (Å²) >= 11 is 2.86. The zero-order chi connectivity index (χ0) is 24.9. The number of aromatic nitrogens is 2. The van der Waals surface area contributed by atoms with E-state index in [1.807, 2.05) is 73.7 Å². The molecule has 0 bridgehead atoms. The quantitative estimate of drug-likeness (QED) is 0.150. The van der Waals surface area contributed by atoms with Crippen LogP contribution in [0, 0.1) is 0 Å². The molecule has 4 aromatic rings. The number of hydrogen-bond donors (Lipinski definition) is 1. The third kappa shape index (κ3) is 5.34. The highest BCUT2D eigenvalue weighted by atomic mass is 32.2. The Hall–Kier alpha value is -3.49. The number of hydrazone groups is 1. The van der Waals surface area contributed by atoms with Crippen LogP contribution >= 0.6 is 23.1 Å². The molecule has 2 aromatic carbocycles. The van der Waals surface area contributed by atoms with Gasteiger partial charge in [0.15, 0.2) is 5.16 Å². The first-order valence-electron chi connectivity index (χ1n) is 11.9. The summed E-state index contributed by atoms with van der Waals surface area (Å²) in [6.07, 6.45) is 7.78. The Kier molecular flexibility index (Phi) is 7.44. The fourth-order valence-corrected chi connectivity index (χ4v) is 6.41. The lowest BCUT2D eigenvalue weighted by Gasteiger charge is -2.13. The molecule has 5 rings (SSSR count). The van der Waals surface area contributed by atoms with Crippen LogP contribution in [0.5, 0.6) is 0 Å². The van der Waals surface area contributed by atoms with E-state index < -0.39 is 0 Å². The molecule has 1 N–H and O–H groups in total. The number of para-hydroxylation sites is 1. The van der Waals surface area contributed by atoms with Crippen molar-refractivity contribution in [2.45, 2.75) is 37.8 Å². The Morgan fingerprint density at radius 1 is 1.11 bits per heavy atom. The van der Waals surface area contributed by atoms with Gasteiger partial charge in [-0.1, -0.05) is 66.4 Å². The SMILES string of the molecule is CC(/C=N/NC(=O)CSc1nc2sc3c(c2c(=O)n1-c1ccccc1)CCCC3)=C\c1ccccc1. The van der Waals surface area contributed by atoms with Crippen LogP contribution in [0.25, 0.3) is 22.0 Å². The second kappa shape index (κ2) is 11.1. The number of nitrogens with one attached hydrogen (secondary N) is 1. The molecule has 0 fully saturated rings. The lowest BCUT2D eigenvalue weighted by Crippen LogP contribution is -2.24. The van der Waals surface area contributed by atoms with Crippen LogP contribution in [-0.4, -0.2) is 27.4 Å². The molecule has 6 nitrogen and oxygen atoms in total. The van der Waals surface area contributed by atoms with Gasteiger partial charge < -0.3 is 0 Å². The van der Waals surface area contributed by atoms with Crippen molar-refractivity contribution in [2.75, 3.05) is 5.75 Å². The number of aryl methyl sites for hydroxylation is 2. The number of thioether (sulfide) groups is 1. The van der Waals surface area contributed by atoms with Crippen molar-refractivity contribution >= 4 is 51.5 Å². The molecule has 0 saturated carbocycles. The molecule has 0 saturated heterocycles. The number of allylic oxidation sites excluding steroid dienone is 1. The minimum absolute atomic E-state index is 0.0618. The second-order valence-corrected chi connectivity index (χ2v) is 10.7. The van der Waals surface area contributed by atoms with Crippen LogP contribution in [0.2, 0.25) is 0 Å². The van der Waals surface area contributed by atoms with Crippen molar-refractivity contribution in [1.29, 1.82) is 0 Å². The Labute approximate surface area is 217 Å². The molecular formula is C28H26N4O2S2. The maximum atomic E-state index is 13.7. The van der Waals surface area contributed by atoms with Gasteiger partial charge in [0.05, 0.1) is 23.0 Å². The molecule has 0 spiro atoms. The smallest absolute Gasteiger partial charge is 0.267 e. The van der Waals surface area contributed by atoms with E-state index in [9.17, 15) is 9.59 Å². The Morgan fingerprint density at radius 2 is 1.83 bits per heavy atom. The molecule has 0 unspecified atom stereocenters. The molecule has 182 valence electrons. The van der Waals surface area contributed by atoms with E-state index in [-0.39, 0.29) is 17.2 Å². The van der Waals surface area contributed by atoms with E-state index in [2.05, 4.69) is 10.5 Å². The number of rotatable bonds is 7. The first kappa shape index (κ1) is 24.2. The van der Waals surface area contributed by atoms with Gasteiger partial charge in [0, 0.05) is 4.88 Å². The Balaban J connectivity index is 1.36. The average Bonchev–Trinajstić information content (AvgIpc) is 3.27. The highest BCUT2D eigenvalue weighted by molar-refractivity contribution is 7.99. The van der Waals surface area contributed by atoms with Gasteiger partial charge in [0.1, 0.15) is 4.83 Å². The van der Waals surface area contributed by atoms with Gasteiger partial charge in [-0.3, -0.25) is 14.2 Å². The Bertz CT molecular complexity index is 1510. The van der Waals surface area contributed by atoms with E-state index in [1.165, 1.54) is 16.6 Å². The average molecular weight is 515 g/mol. The molecule has 2 aromatic heterocycles. The van der Waals surface area contributed by atoms with Crippen LogP contribution < -0.4 is 11.0 Å². The lowest BCUT2D eigenvalue weighted by atomic mass is 9.97. The molecule has 0 radical (unpaired) electrons. The van der Waals surface area contributed by atoms with E-state index in [0.717, 1.165) is 58.3 Å². The van der Waals surface area contributed by atoms with Crippen LogP contribution in [0.1, 0.15) is 35.8 Å². The molecule has 36 heavy (non-hydrogen) atoms. The van der Waals surface area contributed by atoms with Gasteiger partial charge >= 0.3 is 0 Å². The van der Waals surface area contributed by atoms with Crippen LogP contribution in [-0.2, 0) is 17.6 Å². The highest BCUT2D eigenvalue weighted by Gasteiger charge is 2.23. The standard InChI is InChI=1S/C28H26N4O2S2/c1-19(16-20-10-4-2-5-11-20)17-29-31-24(33)18-35-28-30-26-25(22-14-8-9-15-23(22)36-26)27(34)32(28)21-12-6-3-7-13-21/h2-7,10-13,16-17H,8-9,14-15,18H2,1H3,(H,31,33)/b19-16+,29-17+. The molecule has 0 aliphatic heterocycles. The third-order valence-electron chi connectivity index (χ3n) is 5.96. The summed E-state index contributed by atoms with van der Waals surface area (Å²) in [6.45, 7) is 1.93. The number of benzene rings is 2. The normalized spacial score (nSPS) is 13.8. The first-order valence-corrected chi connectivity index (χ1v) is 13.7. The summed E-state index contributed by atoms with van der Waals surface area (Å²) in [5.74, 6) is -0.169. The highest BCUT2D eigenvalue weighted by Crippen LogP contribution is 2.35. The number of thiophene rings is 1. The molecule has 8 heteroatoms. The maximum absolute atomic E-state index is 13.7. The van der Waals surface area contributed by atoms with Crippen molar-refractivity contribution in [3.8, 4) is 5.69 Å². The summed E-state index contributed by atoms with van der Waals surface area (Å²) in [7, 11) is 0. The number of fused-ring (bicyclic) bond motifs is 3. The monoisotopic (exact) mass is 514 g/mol. The van der Waals surface area contributed by atoms with Gasteiger partial charge in [0.25, 0.3) is 11.5 Å². The second-order valence-electron chi connectivity index (χ2n) is 8.64. The van der Waals surface area contributed by atoms with Gasteiger partial charge in [-0.05, 0) is 61.4 Å². The minimum Gasteiger partial charge on any atom is -0.272 e. The van der Waals surface area contributed by atoms with Crippen molar-refractivity contribution in [2.24, 2.45) is 5.10 Å². The number of carbonyl (C=O) groups is 1. The van der Waals surface area contributed by atoms with Crippen molar-refractivity contribution in [3.63, 3.8) is 0 Å². The number of carbonyl (C=O) groups excluding carboxylic acids is 1. The number of nitrogens with zero attached hydrogens (tertiary/aromatic N) is 3. The first-order chi connectivity index (χ1) is 17.6. The zero-order valence-corrected chi connectivity index (χ0v) is 21.6. The van der Waals surface area contributed by atoms with Crippen LogP contribution in [0.3, 0.4) is 0 Å². The van der Waals surface area contributed by atoms with Gasteiger partial charge in [-0.2, -0.15) is 5.10 Å². The molecule has 2 heterocycles. The number of amides is 1. The van der Waals surface area contributed by atoms with Crippen molar-refractivity contribution < 1.29 is 4.79 Å². The van der Waals surface area contributed by atoms with Crippen molar-refractivity contribution in [1.82, 2.24) is 15.0 Å². The van der Waals surface area contributed by atoms with E-state index in [1.54, 1.807) is 22.1 Å². The zero-order valence-electron chi connectivity index (χ0n) is 19.9. The van der Waals surface area contributed by atoms with Crippen LogP contribution in [0.15, 0.2) is 81.3 Å². The van der Waals surface area contributed by atoms with E-state index in [4.69, 9.17) is 4.98 Å². The molecule has 1 aliphatic rings. The summed E-state index contributed by atoms with van der Waals surface area (Å²) in [5, 5.41) is 5.32. The number of hydrogen-bond acceptors (Lipinski definition) is 6. The predicted molar refractivity (Wildman–Crippen MR) is 149 cm³/mol. The van der Waals surface area contributed by atoms with E-state index in [0.29, 0.717) is 5.16 Å². The fourth-order valence-electron chi connectivity index (χ4n) is 4.31. The minimum atomic E-state index is -0.261. The summed E-state index contributed by atoms with van der Waals surface area (Å²) in [4.78, 5) is 33.1. The van der Waals surface area contributed by atoms with Gasteiger partial charge in [-0.25, -0.2) is 10.4 Å². The summed E-state index contributed by atoms with van der Waals surface area (Å²) in [6, 6.07) is 19.4. The lowest BCUT2D eigenvalue weighted by molar-refractivity contribution is -0.118. The van der Waals surface area contributed by atoms with Crippen molar-refractivity contribution in [3.05, 3.63) is 92.6 Å². The van der Waals surface area contributed by atoms with E-state index >= 15 is 0 Å². The molecule has 1 amide bonds. The summed E-state index contributed by atoms with van der Waals surface area (Å²) in [5.41, 5.74) is 6.40. The van der Waals surface area contributed by atoms with Gasteiger partial charge in [-0.15, -0.1) is 11.3 Å². The predicted octanol–water partition coefficient (Wildman–Crippen LogP) is 5.62. The summed E-state index contributed by atoms with van der Waals surface area (Å²) < 4.78 is 1.64. The fraction of sp³-hybridized carbons (Fsp3) is 0.214. The third-order valence-corrected chi connectivity index (χ3v) is 8.08. The molecule has 1 aliphatic carbocycles. The molecular weight excluding hydrogens is 488 g/mol. The van der Waals surface area contributed by atoms with Gasteiger partial charge in [0.2, 0.25) is 0 Å².